The van der Waals surface area contributed by atoms with Crippen molar-refractivity contribution >= 4 is 22.9 Å². The van der Waals surface area contributed by atoms with Crippen molar-refractivity contribution in [2.24, 2.45) is 0 Å². The normalized spacial score (nSPS) is 24.9. The van der Waals surface area contributed by atoms with E-state index < -0.39 is 0 Å². The van der Waals surface area contributed by atoms with E-state index in [2.05, 4.69) is 11.2 Å². The Hall–Kier alpha value is -2.51. The molecule has 0 spiro atoms. The maximum absolute atomic E-state index is 13.0. The number of benzene rings is 1. The molecular formula is C22H23N3O3S. The van der Waals surface area contributed by atoms with Crippen LogP contribution in [0, 0.1) is 6.92 Å². The number of carbonyl (C=O) groups excluding carboxylic acids is 1. The van der Waals surface area contributed by atoms with Crippen LogP contribution in [-0.4, -0.2) is 29.3 Å². The maximum atomic E-state index is 13.0. The van der Waals surface area contributed by atoms with Crippen LogP contribution in [0.2, 0.25) is 0 Å². The summed E-state index contributed by atoms with van der Waals surface area (Å²) in [6.07, 6.45) is 2.09. The van der Waals surface area contributed by atoms with E-state index in [1.54, 1.807) is 11.3 Å². The maximum Gasteiger partial charge on any atom is 0.232 e. The van der Waals surface area contributed by atoms with Gasteiger partial charge in [-0.15, -0.1) is 11.3 Å². The van der Waals surface area contributed by atoms with Crippen molar-refractivity contribution in [3.8, 4) is 0 Å². The lowest BCUT2D eigenvalue weighted by Gasteiger charge is -2.39. The summed E-state index contributed by atoms with van der Waals surface area (Å²) < 4.78 is 11.2. The molecule has 3 aromatic rings. The average Bonchev–Trinajstić information content (AvgIpc) is 3.50. The first-order chi connectivity index (χ1) is 14.2. The molecular weight excluding hydrogens is 386 g/mol. The topological polar surface area (TPSA) is 68.5 Å². The third kappa shape index (κ3) is 3.49. The van der Waals surface area contributed by atoms with Crippen LogP contribution in [0.3, 0.4) is 0 Å². The Bertz CT molecular complexity index is 977. The first-order valence-electron chi connectivity index (χ1n) is 10.0. The number of ether oxygens (including phenoxy) is 1. The van der Waals surface area contributed by atoms with Crippen LogP contribution in [0.25, 0.3) is 0 Å². The van der Waals surface area contributed by atoms with Crippen molar-refractivity contribution in [1.29, 1.82) is 0 Å². The second kappa shape index (κ2) is 7.72. The first-order valence-corrected chi connectivity index (χ1v) is 10.9. The Kier molecular flexibility index (Phi) is 4.93. The molecule has 5 rings (SSSR count). The van der Waals surface area contributed by atoms with Gasteiger partial charge in [0.2, 0.25) is 11.8 Å². The van der Waals surface area contributed by atoms with E-state index in [1.165, 1.54) is 5.56 Å². The summed E-state index contributed by atoms with van der Waals surface area (Å²) in [6.45, 7) is 3.44. The molecule has 1 aromatic carbocycles. The summed E-state index contributed by atoms with van der Waals surface area (Å²) >= 11 is 1.66. The highest BCUT2D eigenvalue weighted by Crippen LogP contribution is 2.46. The smallest absolute Gasteiger partial charge is 0.232 e. The van der Waals surface area contributed by atoms with Crippen LogP contribution in [0.15, 0.2) is 46.3 Å². The quantitative estimate of drug-likeness (QED) is 0.630. The first kappa shape index (κ1) is 18.5. The molecule has 6 nitrogen and oxygen atoms in total. The van der Waals surface area contributed by atoms with Gasteiger partial charge in [0, 0.05) is 29.5 Å². The van der Waals surface area contributed by atoms with E-state index in [0.29, 0.717) is 25.3 Å². The Morgan fingerprint density at radius 2 is 2.03 bits per heavy atom. The highest BCUT2D eigenvalue weighted by atomic mass is 32.1. The summed E-state index contributed by atoms with van der Waals surface area (Å²) in [6, 6.07) is 12.1. The molecule has 0 radical (unpaired) electrons. The fraction of sp³-hybridized carbons (Fsp3) is 0.409. The number of rotatable bonds is 4. The summed E-state index contributed by atoms with van der Waals surface area (Å²) in [5.74, 6) is 1.64. The molecule has 150 valence electrons. The van der Waals surface area contributed by atoms with E-state index in [9.17, 15) is 4.79 Å². The Labute approximate surface area is 173 Å². The zero-order valence-corrected chi connectivity index (χ0v) is 17.1. The van der Waals surface area contributed by atoms with Crippen molar-refractivity contribution < 1.29 is 14.1 Å². The third-order valence-corrected chi connectivity index (χ3v) is 6.76. The number of nitrogens with zero attached hydrogens (tertiary/aromatic N) is 3. The van der Waals surface area contributed by atoms with Crippen LogP contribution in [0.5, 0.6) is 0 Å². The van der Waals surface area contributed by atoms with Gasteiger partial charge >= 0.3 is 0 Å². The van der Waals surface area contributed by atoms with E-state index in [1.807, 2.05) is 47.5 Å². The number of hydrogen-bond donors (Lipinski definition) is 0. The highest BCUT2D eigenvalue weighted by molar-refractivity contribution is 7.10. The highest BCUT2D eigenvalue weighted by Gasteiger charge is 2.42. The fourth-order valence-corrected chi connectivity index (χ4v) is 5.13. The van der Waals surface area contributed by atoms with Crippen LogP contribution in [-0.2, 0) is 9.53 Å². The Balaban J connectivity index is 1.54. The van der Waals surface area contributed by atoms with Gasteiger partial charge in [-0.3, -0.25) is 4.79 Å². The molecule has 0 bridgehead atoms. The molecule has 29 heavy (non-hydrogen) atoms. The molecule has 7 heteroatoms. The summed E-state index contributed by atoms with van der Waals surface area (Å²) in [5.41, 5.74) is 2.08. The number of hydrogen-bond acceptors (Lipinski definition) is 6. The minimum absolute atomic E-state index is 0.0313. The van der Waals surface area contributed by atoms with E-state index in [-0.39, 0.29) is 23.8 Å². The zero-order valence-electron chi connectivity index (χ0n) is 16.3. The largest absolute Gasteiger partial charge is 0.381 e. The van der Waals surface area contributed by atoms with Crippen LogP contribution < -0.4 is 4.90 Å². The van der Waals surface area contributed by atoms with Crippen molar-refractivity contribution in [2.45, 2.75) is 44.1 Å². The van der Waals surface area contributed by atoms with Gasteiger partial charge in [0.05, 0.1) is 18.6 Å². The standard InChI is InChI=1S/C22H23N3O3S/c1-14-4-6-16(7-5-14)25-19(26)9-8-17(20(25)18-3-2-12-29-18)22-23-21(24-28-22)15-10-11-27-13-15/h2-7,12,15,17,20H,8-11,13H2,1H3. The van der Waals surface area contributed by atoms with Crippen LogP contribution in [0.4, 0.5) is 5.69 Å². The van der Waals surface area contributed by atoms with Crippen LogP contribution in [0.1, 0.15) is 59.3 Å². The molecule has 2 fully saturated rings. The molecule has 1 amide bonds. The SMILES string of the molecule is Cc1ccc(N2C(=O)CCC(c3nc(C4CCOC4)no3)C2c2cccs2)cc1. The van der Waals surface area contributed by atoms with Gasteiger partial charge in [-0.2, -0.15) is 4.98 Å². The lowest BCUT2D eigenvalue weighted by molar-refractivity contribution is -0.120. The Morgan fingerprint density at radius 1 is 1.17 bits per heavy atom. The molecule has 2 aliphatic heterocycles. The van der Waals surface area contributed by atoms with Gasteiger partial charge in [-0.05, 0) is 43.3 Å². The number of aryl methyl sites for hydroxylation is 1. The van der Waals surface area contributed by atoms with E-state index in [4.69, 9.17) is 14.2 Å². The van der Waals surface area contributed by atoms with E-state index in [0.717, 1.165) is 29.4 Å². The molecule has 2 aliphatic rings. The number of thiophene rings is 1. The van der Waals surface area contributed by atoms with Gasteiger partial charge in [0.25, 0.3) is 0 Å². The van der Waals surface area contributed by atoms with Gasteiger partial charge in [-0.1, -0.05) is 28.9 Å². The van der Waals surface area contributed by atoms with Gasteiger partial charge < -0.3 is 14.2 Å². The van der Waals surface area contributed by atoms with Crippen molar-refractivity contribution in [3.63, 3.8) is 0 Å². The van der Waals surface area contributed by atoms with Crippen molar-refractivity contribution in [2.75, 3.05) is 18.1 Å². The zero-order chi connectivity index (χ0) is 19.8. The second-order valence-electron chi connectivity index (χ2n) is 7.76. The fourth-order valence-electron chi connectivity index (χ4n) is 4.25. The summed E-state index contributed by atoms with van der Waals surface area (Å²) in [7, 11) is 0. The number of anilines is 1. The molecule has 3 unspecified atom stereocenters. The molecule has 0 saturated carbocycles. The molecule has 4 heterocycles. The minimum Gasteiger partial charge on any atom is -0.381 e. The van der Waals surface area contributed by atoms with Gasteiger partial charge in [0.1, 0.15) is 0 Å². The van der Waals surface area contributed by atoms with Gasteiger partial charge in [0.15, 0.2) is 5.82 Å². The van der Waals surface area contributed by atoms with E-state index >= 15 is 0 Å². The van der Waals surface area contributed by atoms with Crippen molar-refractivity contribution in [3.05, 3.63) is 63.9 Å². The van der Waals surface area contributed by atoms with Crippen molar-refractivity contribution in [1.82, 2.24) is 10.1 Å². The molecule has 0 aliphatic carbocycles. The second-order valence-corrected chi connectivity index (χ2v) is 8.74. The molecule has 3 atom stereocenters. The predicted octanol–water partition coefficient (Wildman–Crippen LogP) is 4.60. The van der Waals surface area contributed by atoms with Crippen LogP contribution >= 0.6 is 11.3 Å². The average molecular weight is 410 g/mol. The third-order valence-electron chi connectivity index (χ3n) is 5.81. The molecule has 2 aromatic heterocycles. The lowest BCUT2D eigenvalue weighted by Crippen LogP contribution is -2.42. The lowest BCUT2D eigenvalue weighted by atomic mass is 9.87. The number of aromatic nitrogens is 2. The summed E-state index contributed by atoms with van der Waals surface area (Å²) in [5, 5.41) is 6.30. The van der Waals surface area contributed by atoms with Gasteiger partial charge in [-0.25, -0.2) is 0 Å². The number of amides is 1. The summed E-state index contributed by atoms with van der Waals surface area (Å²) in [4.78, 5) is 20.8. The number of carbonyl (C=O) groups is 1. The molecule has 0 N–H and O–H groups in total. The molecule has 2 saturated heterocycles. The number of piperidine rings is 1. The predicted molar refractivity (Wildman–Crippen MR) is 110 cm³/mol. The Morgan fingerprint density at radius 3 is 2.76 bits per heavy atom. The minimum atomic E-state index is -0.146. The monoisotopic (exact) mass is 409 g/mol.